The minimum absolute atomic E-state index is 0.115. The van der Waals surface area contributed by atoms with Gasteiger partial charge in [-0.25, -0.2) is 15.0 Å². The number of aryl methyl sites for hydroxylation is 2. The molecule has 1 atom stereocenters. The van der Waals surface area contributed by atoms with Crippen LogP contribution in [-0.2, 0) is 18.3 Å². The van der Waals surface area contributed by atoms with E-state index in [4.69, 9.17) is 15.0 Å². The van der Waals surface area contributed by atoms with E-state index >= 15 is 0 Å². The summed E-state index contributed by atoms with van der Waals surface area (Å²) in [4.78, 5) is 26.5. The summed E-state index contributed by atoms with van der Waals surface area (Å²) in [7, 11) is 4.04. The molecule has 3 aliphatic rings. The minimum Gasteiger partial charge on any atom is -0.355 e. The third kappa shape index (κ3) is 3.83. The van der Waals surface area contributed by atoms with Crippen LogP contribution >= 0.6 is 0 Å². The molecule has 0 N–H and O–H groups in total. The van der Waals surface area contributed by atoms with Crippen molar-refractivity contribution in [2.75, 3.05) is 55.0 Å². The predicted octanol–water partition coefficient (Wildman–Crippen LogP) is 3.37. The highest BCUT2D eigenvalue weighted by Gasteiger charge is 2.44. The fourth-order valence-electron chi connectivity index (χ4n) is 5.52. The van der Waals surface area contributed by atoms with Crippen LogP contribution in [-0.4, -0.2) is 60.2 Å². The number of nitrogens with zero attached hydrogens (tertiary/aromatic N) is 7. The van der Waals surface area contributed by atoms with Crippen molar-refractivity contribution >= 4 is 17.7 Å². The lowest BCUT2D eigenvalue weighted by Crippen LogP contribution is -2.46. The third-order valence-corrected chi connectivity index (χ3v) is 7.28. The molecule has 1 spiro atoms. The quantitative estimate of drug-likeness (QED) is 0.750. The molecule has 0 bridgehead atoms. The molecule has 7 nitrogen and oxygen atoms in total. The van der Waals surface area contributed by atoms with E-state index in [2.05, 4.69) is 34.0 Å². The molecule has 5 rings (SSSR count). The number of aromatic nitrogens is 4. The topological polar surface area (TPSA) is 61.3 Å². The van der Waals surface area contributed by atoms with Crippen LogP contribution in [0.2, 0.25) is 0 Å². The molecule has 1 aliphatic carbocycles. The van der Waals surface area contributed by atoms with Gasteiger partial charge < -0.3 is 14.7 Å². The van der Waals surface area contributed by atoms with Gasteiger partial charge in [0.05, 0.1) is 5.69 Å². The Morgan fingerprint density at radius 1 is 0.968 bits per heavy atom. The van der Waals surface area contributed by atoms with E-state index in [9.17, 15) is 0 Å². The second kappa shape index (κ2) is 8.24. The van der Waals surface area contributed by atoms with Crippen LogP contribution in [0.15, 0.2) is 12.3 Å². The fraction of sp³-hybridized carbons (Fsp3) is 0.667. The van der Waals surface area contributed by atoms with Gasteiger partial charge in [-0.05, 0) is 56.9 Å². The second-order valence-electron chi connectivity index (χ2n) is 9.66. The molecule has 4 heterocycles. The van der Waals surface area contributed by atoms with E-state index in [1.54, 1.807) is 0 Å². The van der Waals surface area contributed by atoms with Crippen LogP contribution in [0, 0.1) is 0 Å². The van der Waals surface area contributed by atoms with Crippen molar-refractivity contribution in [2.45, 2.75) is 63.7 Å². The van der Waals surface area contributed by atoms with Gasteiger partial charge in [0, 0.05) is 63.6 Å². The average molecular weight is 422 g/mol. The lowest BCUT2D eigenvalue weighted by molar-refractivity contribution is 0.333. The molecular formula is C24H35N7. The molecule has 2 saturated heterocycles. The highest BCUT2D eigenvalue weighted by atomic mass is 15.3. The molecule has 1 unspecified atom stereocenters. The fourth-order valence-corrected chi connectivity index (χ4v) is 5.52. The Balaban J connectivity index is 1.46. The van der Waals surface area contributed by atoms with Crippen molar-refractivity contribution in [2.24, 2.45) is 0 Å². The lowest BCUT2D eigenvalue weighted by Gasteiger charge is -2.41. The molecule has 0 amide bonds. The molecule has 31 heavy (non-hydrogen) atoms. The van der Waals surface area contributed by atoms with Gasteiger partial charge in [0.1, 0.15) is 5.82 Å². The molecule has 0 aromatic carbocycles. The summed E-state index contributed by atoms with van der Waals surface area (Å²) in [6.07, 6.45) is 11.4. The zero-order chi connectivity index (χ0) is 21.4. The molecule has 166 valence electrons. The maximum Gasteiger partial charge on any atom is 0.227 e. The summed E-state index contributed by atoms with van der Waals surface area (Å²) in [5.74, 6) is 2.85. The first kappa shape index (κ1) is 20.5. The average Bonchev–Trinajstić information content (AvgIpc) is 3.16. The minimum atomic E-state index is 0.115. The van der Waals surface area contributed by atoms with E-state index in [0.29, 0.717) is 0 Å². The standard InChI is InChI=1S/C24H35N7/c1-4-19-15-20(27-23(26-19)30-12-6-5-7-13-30)31-14-8-10-24(17-31)11-9-18-16-25-22(29(2)3)28-21(18)24/h15-16H,4-14,17H2,1-3H3. The molecular weight excluding hydrogens is 386 g/mol. The largest absolute Gasteiger partial charge is 0.355 e. The maximum atomic E-state index is 5.08. The van der Waals surface area contributed by atoms with Crippen LogP contribution in [0.5, 0.6) is 0 Å². The summed E-state index contributed by atoms with van der Waals surface area (Å²) >= 11 is 0. The van der Waals surface area contributed by atoms with Crippen LogP contribution in [0.25, 0.3) is 0 Å². The van der Waals surface area contributed by atoms with Gasteiger partial charge in [0.25, 0.3) is 0 Å². The number of piperidine rings is 2. The van der Waals surface area contributed by atoms with E-state index in [1.165, 1.54) is 43.4 Å². The Bertz CT molecular complexity index is 934. The van der Waals surface area contributed by atoms with Gasteiger partial charge >= 0.3 is 0 Å². The van der Waals surface area contributed by atoms with Gasteiger partial charge in [-0.1, -0.05) is 6.92 Å². The number of fused-ring (bicyclic) bond motifs is 2. The Kier molecular flexibility index (Phi) is 5.44. The number of hydrogen-bond donors (Lipinski definition) is 0. The first-order valence-electron chi connectivity index (χ1n) is 12.0. The van der Waals surface area contributed by atoms with Crippen molar-refractivity contribution in [1.29, 1.82) is 0 Å². The summed E-state index contributed by atoms with van der Waals surface area (Å²) in [5, 5.41) is 0. The zero-order valence-electron chi connectivity index (χ0n) is 19.3. The van der Waals surface area contributed by atoms with E-state index in [0.717, 1.165) is 68.8 Å². The first-order chi connectivity index (χ1) is 15.1. The monoisotopic (exact) mass is 421 g/mol. The molecule has 0 saturated carbocycles. The van der Waals surface area contributed by atoms with Gasteiger partial charge in [-0.3, -0.25) is 0 Å². The van der Waals surface area contributed by atoms with Crippen LogP contribution < -0.4 is 14.7 Å². The van der Waals surface area contributed by atoms with Crippen molar-refractivity contribution in [3.05, 3.63) is 29.2 Å². The summed E-state index contributed by atoms with van der Waals surface area (Å²) in [6.45, 7) is 6.39. The maximum absolute atomic E-state index is 5.08. The van der Waals surface area contributed by atoms with Crippen molar-refractivity contribution in [3.8, 4) is 0 Å². The van der Waals surface area contributed by atoms with E-state index < -0.39 is 0 Å². The first-order valence-corrected chi connectivity index (χ1v) is 12.0. The molecule has 2 aliphatic heterocycles. The van der Waals surface area contributed by atoms with Gasteiger partial charge in [0.2, 0.25) is 11.9 Å². The molecule has 0 radical (unpaired) electrons. The normalized spacial score (nSPS) is 23.3. The number of anilines is 3. The highest BCUT2D eigenvalue weighted by molar-refractivity contribution is 5.49. The second-order valence-corrected chi connectivity index (χ2v) is 9.66. The van der Waals surface area contributed by atoms with Gasteiger partial charge in [0.15, 0.2) is 0 Å². The van der Waals surface area contributed by atoms with E-state index in [1.807, 2.05) is 19.0 Å². The predicted molar refractivity (Wildman–Crippen MR) is 125 cm³/mol. The van der Waals surface area contributed by atoms with E-state index in [-0.39, 0.29) is 5.41 Å². The summed E-state index contributed by atoms with van der Waals surface area (Å²) in [6, 6.07) is 2.22. The molecule has 2 aromatic rings. The van der Waals surface area contributed by atoms with Crippen molar-refractivity contribution in [3.63, 3.8) is 0 Å². The Labute approximate surface area is 185 Å². The highest BCUT2D eigenvalue weighted by Crippen LogP contribution is 2.45. The summed E-state index contributed by atoms with van der Waals surface area (Å²) < 4.78 is 0. The Hall–Kier alpha value is -2.44. The molecule has 7 heteroatoms. The number of rotatable bonds is 4. The number of hydrogen-bond acceptors (Lipinski definition) is 7. The van der Waals surface area contributed by atoms with Crippen molar-refractivity contribution in [1.82, 2.24) is 19.9 Å². The lowest BCUT2D eigenvalue weighted by atomic mass is 9.77. The molecule has 2 aromatic heterocycles. The Morgan fingerprint density at radius 2 is 1.77 bits per heavy atom. The van der Waals surface area contributed by atoms with Gasteiger partial charge in [-0.2, -0.15) is 4.98 Å². The zero-order valence-corrected chi connectivity index (χ0v) is 19.3. The Morgan fingerprint density at radius 3 is 2.55 bits per heavy atom. The third-order valence-electron chi connectivity index (χ3n) is 7.28. The SMILES string of the molecule is CCc1cc(N2CCCC3(CCc4cnc(N(C)C)nc43)C2)nc(N2CCCCC2)n1. The van der Waals surface area contributed by atoms with Crippen molar-refractivity contribution < 1.29 is 0 Å². The summed E-state index contributed by atoms with van der Waals surface area (Å²) in [5.41, 5.74) is 3.87. The van der Waals surface area contributed by atoms with Crippen LogP contribution in [0.3, 0.4) is 0 Å². The molecule has 2 fully saturated rings. The smallest absolute Gasteiger partial charge is 0.227 e. The van der Waals surface area contributed by atoms with Crippen LogP contribution in [0.4, 0.5) is 17.7 Å². The van der Waals surface area contributed by atoms with Crippen LogP contribution in [0.1, 0.15) is 62.4 Å². The van der Waals surface area contributed by atoms with Gasteiger partial charge in [-0.15, -0.1) is 0 Å².